The van der Waals surface area contributed by atoms with Gasteiger partial charge in [0.25, 0.3) is 5.91 Å². The van der Waals surface area contributed by atoms with Crippen LogP contribution in [0.4, 0.5) is 5.82 Å². The van der Waals surface area contributed by atoms with Crippen LogP contribution in [0.2, 0.25) is 0 Å². The molecule has 7 N–H and O–H groups in total. The van der Waals surface area contributed by atoms with Crippen LogP contribution < -0.4 is 11.1 Å². The van der Waals surface area contributed by atoms with E-state index in [1.54, 1.807) is 27.0 Å². The van der Waals surface area contributed by atoms with Crippen LogP contribution in [-0.4, -0.2) is 141 Å². The number of methoxy groups -OCH3 is 2. The number of hydrogen-bond donors (Lipinski definition) is 6. The van der Waals surface area contributed by atoms with Crippen molar-refractivity contribution in [1.29, 1.82) is 0 Å². The minimum atomic E-state index is -2.25. The van der Waals surface area contributed by atoms with Gasteiger partial charge < -0.3 is 55.3 Å². The van der Waals surface area contributed by atoms with E-state index in [4.69, 9.17) is 29.3 Å². The predicted octanol–water partition coefficient (Wildman–Crippen LogP) is 5.33. The Balaban J connectivity index is 1.46. The van der Waals surface area contributed by atoms with Crippen molar-refractivity contribution < 1.29 is 58.4 Å². The molecule has 3 fully saturated rings. The summed E-state index contributed by atoms with van der Waals surface area (Å²) >= 11 is 0. The molecule has 0 spiro atoms. The number of ether oxygens (including phenoxy) is 4. The van der Waals surface area contributed by atoms with Gasteiger partial charge in [-0.2, -0.15) is 0 Å². The van der Waals surface area contributed by atoms with Gasteiger partial charge in [0.2, 0.25) is 5.79 Å². The molecule has 0 aromatic carbocycles. The maximum Gasteiger partial charge on any atom is 0.329 e. The minimum absolute atomic E-state index is 0.0247. The van der Waals surface area contributed by atoms with E-state index in [-0.39, 0.29) is 42.2 Å². The fourth-order valence-corrected chi connectivity index (χ4v) is 10.6. The number of Topliss-reactive ketones (excluding diaryl/α,β-unsaturated/α-hetero) is 1. The number of hydrogen-bond acceptors (Lipinski definition) is 16. The van der Waals surface area contributed by atoms with Crippen LogP contribution >= 0.6 is 0 Å². The van der Waals surface area contributed by atoms with Crippen LogP contribution in [0.15, 0.2) is 58.4 Å². The number of amides is 1. The lowest BCUT2D eigenvalue weighted by molar-refractivity contribution is -0.315. The molecule has 17 nitrogen and oxygen atoms in total. The maximum absolute atomic E-state index is 14.5. The molecular formula is C51H81N5O12. The summed E-state index contributed by atoms with van der Waals surface area (Å²) in [6, 6.07) is -1.97. The van der Waals surface area contributed by atoms with Crippen molar-refractivity contribution in [3.05, 3.63) is 53.8 Å². The molecule has 2 bridgehead atoms. The summed E-state index contributed by atoms with van der Waals surface area (Å²) in [5.41, 5.74) is 8.07. The van der Waals surface area contributed by atoms with E-state index >= 15 is 0 Å². The number of cyclic esters (lactones) is 1. The summed E-state index contributed by atoms with van der Waals surface area (Å²) in [7, 11) is 3.01. The Morgan fingerprint density at radius 2 is 1.69 bits per heavy atom. The van der Waals surface area contributed by atoms with Gasteiger partial charge in [-0.1, -0.05) is 74.9 Å². The molecule has 4 heterocycles. The van der Waals surface area contributed by atoms with Gasteiger partial charge in [0.15, 0.2) is 17.7 Å². The normalized spacial score (nSPS) is 40.1. The van der Waals surface area contributed by atoms with Gasteiger partial charge >= 0.3 is 5.97 Å². The molecule has 17 heteroatoms. The zero-order chi connectivity index (χ0) is 49.7. The molecule has 4 aliphatic rings. The first kappa shape index (κ1) is 55.1. The first-order valence-electron chi connectivity index (χ1n) is 24.9. The van der Waals surface area contributed by atoms with Crippen LogP contribution in [-0.2, 0) is 33.3 Å². The Morgan fingerprint density at radius 1 is 0.926 bits per heavy atom. The van der Waals surface area contributed by atoms with E-state index in [0.717, 1.165) is 12.0 Å². The van der Waals surface area contributed by atoms with E-state index in [1.807, 2.05) is 58.1 Å². The zero-order valence-corrected chi connectivity index (χ0v) is 41.6. The van der Waals surface area contributed by atoms with Gasteiger partial charge in [0.05, 0.1) is 24.4 Å². The van der Waals surface area contributed by atoms with E-state index in [9.17, 15) is 34.8 Å². The number of carbonyl (C=O) groups is 3. The molecule has 1 aromatic heterocycles. The minimum Gasteiger partial charge on any atom is -0.461 e. The van der Waals surface area contributed by atoms with Crippen LogP contribution in [0.3, 0.4) is 0 Å². The van der Waals surface area contributed by atoms with Crippen molar-refractivity contribution >= 4 is 23.5 Å². The third-order valence-corrected chi connectivity index (χ3v) is 15.0. The van der Waals surface area contributed by atoms with Crippen molar-refractivity contribution in [2.45, 2.75) is 192 Å². The Bertz CT molecular complexity index is 1890. The summed E-state index contributed by atoms with van der Waals surface area (Å²) in [6.45, 7) is 11.5. The number of nitrogens with two attached hydrogens (primary N) is 1. The average molecular weight is 956 g/mol. The van der Waals surface area contributed by atoms with Crippen molar-refractivity contribution in [3.8, 4) is 0 Å². The van der Waals surface area contributed by atoms with Crippen LogP contribution in [0.25, 0.3) is 0 Å². The number of ketones is 1. The lowest BCUT2D eigenvalue weighted by atomic mass is 9.78. The number of carbonyl (C=O) groups excluding carboxylic acids is 3. The quantitative estimate of drug-likeness (QED) is 0.149. The molecule has 1 amide bonds. The van der Waals surface area contributed by atoms with Crippen LogP contribution in [0.5, 0.6) is 0 Å². The molecular weight excluding hydrogens is 875 g/mol. The Morgan fingerprint density at radius 3 is 2.40 bits per heavy atom. The number of anilines is 1. The van der Waals surface area contributed by atoms with Crippen molar-refractivity contribution in [1.82, 2.24) is 15.2 Å². The summed E-state index contributed by atoms with van der Waals surface area (Å²) in [5, 5.41) is 57.0. The largest absolute Gasteiger partial charge is 0.461 e. The molecule has 16 atom stereocenters. The van der Waals surface area contributed by atoms with Gasteiger partial charge in [-0.3, -0.25) is 9.59 Å². The molecule has 9 unspecified atom stereocenters. The number of aromatic nitrogens is 2. The lowest BCUT2D eigenvalue weighted by Gasteiger charge is -2.46. The number of allylic oxidation sites excluding steroid dienone is 5. The molecule has 1 aromatic rings. The monoisotopic (exact) mass is 956 g/mol. The van der Waals surface area contributed by atoms with Crippen molar-refractivity contribution in [2.24, 2.45) is 35.3 Å². The molecule has 3 aliphatic heterocycles. The van der Waals surface area contributed by atoms with Crippen molar-refractivity contribution in [2.75, 3.05) is 26.1 Å². The standard InChI is InChI=1S/C51H81N5O12/c1-30-14-10-9-11-15-31(2)39(54-44-29-53-68-55-44)28-38-20-17-35(6)51(63,67-38)48(60)49(61)56-23-13-12-16-40(56)50(62)66-42(32(3)25-36-18-21-41(57)43(27-36)64-7)22-19-37(52)26-34(5)46(59)47(65-8)45(58)33(4)24-30/h9-11,14-15,26,29-30,32-33,35-43,46-48,57,59-60,63H,12-13,16-25,27-28,52H2,1-8H3,(H,54,55)/b11-9+,14-10+,31-15+,34-26+/t30-,32-,33?,35?,36?,37+,38?,39-,40?,41-,42+,43?,46?,47+,48?,51?/m1/s1. The van der Waals surface area contributed by atoms with E-state index < -0.39 is 78.2 Å². The highest BCUT2D eigenvalue weighted by Crippen LogP contribution is 2.39. The highest BCUT2D eigenvalue weighted by molar-refractivity contribution is 5.88. The highest BCUT2D eigenvalue weighted by atomic mass is 16.6. The zero-order valence-electron chi connectivity index (χ0n) is 41.6. The SMILES string of the molecule is COC1CC(C[C@@H](C)[C@@H]2CC[C@H](N)/C=C(\C)C(O)[C@@H](OC)C(=O)C(C)C[C@H](C)/C=C/C=C/C=C(\C)[C@H](Nc3cnon3)CC3CCC(C)C(O)(O3)C(O)C(=O)N3CCCCC3C(=O)O2)CC[C@H]1O. The van der Waals surface area contributed by atoms with Crippen LogP contribution in [0.1, 0.15) is 125 Å². The van der Waals surface area contributed by atoms with Gasteiger partial charge in [0, 0.05) is 38.6 Å². The van der Waals surface area contributed by atoms with Gasteiger partial charge in [-0.15, -0.1) is 0 Å². The van der Waals surface area contributed by atoms with E-state index in [2.05, 4.69) is 15.6 Å². The maximum atomic E-state index is 14.5. The Labute approximate surface area is 402 Å². The summed E-state index contributed by atoms with van der Waals surface area (Å²) in [5.74, 6) is -4.45. The number of esters is 1. The predicted molar refractivity (Wildman–Crippen MR) is 255 cm³/mol. The fraction of sp³-hybridized carbons (Fsp3) is 0.745. The number of fused-ring (bicyclic) bond motifs is 3. The first-order chi connectivity index (χ1) is 32.4. The molecule has 0 radical (unpaired) electrons. The Hall–Kier alpha value is -3.81. The second-order valence-corrected chi connectivity index (χ2v) is 20.3. The smallest absolute Gasteiger partial charge is 0.329 e. The van der Waals surface area contributed by atoms with Gasteiger partial charge in [-0.05, 0) is 126 Å². The molecule has 382 valence electrons. The molecule has 5 rings (SSSR count). The number of rotatable bonds is 7. The molecule has 2 saturated heterocycles. The second-order valence-electron chi connectivity index (χ2n) is 20.3. The van der Waals surface area contributed by atoms with Crippen molar-refractivity contribution in [3.63, 3.8) is 0 Å². The third-order valence-electron chi connectivity index (χ3n) is 15.0. The van der Waals surface area contributed by atoms with Gasteiger partial charge in [0.1, 0.15) is 30.6 Å². The molecule has 1 aliphatic carbocycles. The lowest BCUT2D eigenvalue weighted by Crippen LogP contribution is -2.63. The number of aliphatic hydroxyl groups is 4. The topological polar surface area (TPSA) is 249 Å². The number of nitrogens with zero attached hydrogens (tertiary/aromatic N) is 3. The Kier molecular flexibility index (Phi) is 21.0. The second kappa shape index (κ2) is 25.9. The molecule has 68 heavy (non-hydrogen) atoms. The third kappa shape index (κ3) is 14.6. The number of aliphatic hydroxyl groups excluding tert-OH is 3. The van der Waals surface area contributed by atoms with E-state index in [1.165, 1.54) is 18.2 Å². The number of piperidine rings is 1. The fourth-order valence-electron chi connectivity index (χ4n) is 10.6. The summed E-state index contributed by atoms with van der Waals surface area (Å²) in [4.78, 5) is 44.0. The van der Waals surface area contributed by atoms with Crippen LogP contribution in [0, 0.1) is 29.6 Å². The summed E-state index contributed by atoms with van der Waals surface area (Å²) < 4.78 is 28.8. The summed E-state index contributed by atoms with van der Waals surface area (Å²) in [6.07, 6.45) is 13.3. The van der Waals surface area contributed by atoms with Gasteiger partial charge in [-0.25, -0.2) is 9.42 Å². The highest BCUT2D eigenvalue weighted by Gasteiger charge is 2.53. The average Bonchev–Trinajstić information content (AvgIpc) is 3.84. The first-order valence-corrected chi connectivity index (χ1v) is 24.9. The van der Waals surface area contributed by atoms with E-state index in [0.29, 0.717) is 88.4 Å². The molecule has 1 saturated carbocycles. The number of nitrogens with one attached hydrogen (secondary N) is 1.